The van der Waals surface area contributed by atoms with Crippen molar-refractivity contribution in [3.63, 3.8) is 0 Å². The first-order chi connectivity index (χ1) is 0. The summed E-state index contributed by atoms with van der Waals surface area (Å²) in [5, 5.41) is 0. The first-order valence-corrected chi connectivity index (χ1v) is 0. The van der Waals surface area contributed by atoms with Gasteiger partial charge in [0, 0.05) is 40.5 Å². The number of rotatable bonds is 0. The second-order valence-corrected chi connectivity index (χ2v) is 0. The fourth-order valence-electron chi connectivity index (χ4n) is 0. The van der Waals surface area contributed by atoms with Gasteiger partial charge in [-0.25, -0.2) is 0 Å². The molecule has 0 saturated heterocycles. The van der Waals surface area contributed by atoms with Crippen LogP contribution >= 0.6 is 0 Å². The number of hydrogen-bond donors (Lipinski definition) is 0. The molecule has 6 N–H and O–H groups in total. The molecule has 0 aliphatic rings. The van der Waals surface area contributed by atoms with E-state index in [1.54, 1.807) is 0 Å². The van der Waals surface area contributed by atoms with Gasteiger partial charge in [-0.3, -0.25) is 0 Å². The van der Waals surface area contributed by atoms with Crippen molar-refractivity contribution >= 4 is 0 Å². The summed E-state index contributed by atoms with van der Waals surface area (Å²) >= 11 is 0. The summed E-state index contributed by atoms with van der Waals surface area (Å²) in [5.74, 6) is 0. The summed E-state index contributed by atoms with van der Waals surface area (Å²) in [6.45, 7) is 0. The molecule has 0 rings (SSSR count). The molecule has 0 aromatic carbocycles. The van der Waals surface area contributed by atoms with Crippen LogP contribution in [-0.2, 0) is 40.5 Å². The Bertz CT molecular complexity index is 6.85. The molecule has 0 saturated carbocycles. The Morgan fingerprint density at radius 3 is 0.600 bits per heavy atom. The second kappa shape index (κ2) is 64.2. The topological polar surface area (TPSA) is 94.5 Å². The predicted octanol–water partition coefficient (Wildman–Crippen LogP) is -2.48. The van der Waals surface area contributed by atoms with Gasteiger partial charge in [0.25, 0.3) is 0 Å². The molecule has 0 fully saturated rings. The molecule has 0 amide bonds. The van der Waals surface area contributed by atoms with E-state index in [1.165, 1.54) is 0 Å². The van der Waals surface area contributed by atoms with Crippen LogP contribution < -0.4 is 0 Å². The van der Waals surface area contributed by atoms with Crippen LogP contribution in [0.4, 0.5) is 0 Å². The summed E-state index contributed by atoms with van der Waals surface area (Å²) in [6.07, 6.45) is 0. The van der Waals surface area contributed by atoms with E-state index in [-0.39, 0.29) is 57.0 Å². The van der Waals surface area contributed by atoms with Gasteiger partial charge in [0.2, 0.25) is 0 Å². The van der Waals surface area contributed by atoms with Gasteiger partial charge in [0.15, 0.2) is 0 Å². The predicted molar refractivity (Wildman–Crippen MR) is 10.8 cm³/mol. The molecule has 0 aliphatic carbocycles. The van der Waals surface area contributed by atoms with E-state index in [2.05, 4.69) is 0 Å². The third-order valence-corrected chi connectivity index (χ3v) is 0. The number of hydrogen-bond acceptors (Lipinski definition) is 0. The van der Waals surface area contributed by atoms with Crippen molar-refractivity contribution in [1.82, 2.24) is 0 Å². The molecule has 0 aromatic rings. The molecule has 0 heterocycles. The zero-order chi connectivity index (χ0) is 0. The zero-order valence-electron chi connectivity index (χ0n) is 2.26. The molecule has 0 atom stereocenters. The monoisotopic (exact) mass is 254 g/mol. The van der Waals surface area contributed by atoms with Crippen LogP contribution in [0.1, 0.15) is 0 Å². The minimum atomic E-state index is 0. The van der Waals surface area contributed by atoms with E-state index in [4.69, 9.17) is 0 Å². The molecule has 38 valence electrons. The van der Waals surface area contributed by atoms with Gasteiger partial charge in [-0.1, -0.05) is 0 Å². The first kappa shape index (κ1) is 118. The van der Waals surface area contributed by atoms with Crippen molar-refractivity contribution in [1.29, 1.82) is 0 Å². The smallest absolute Gasteiger partial charge is 0 e. The second-order valence-electron chi connectivity index (χ2n) is 0. The van der Waals surface area contributed by atoms with Crippen LogP contribution in [0.3, 0.4) is 0 Å². The average molecular weight is 251 g/mol. The van der Waals surface area contributed by atoms with E-state index < -0.39 is 0 Å². The molecule has 5 heavy (non-hydrogen) atoms. The van der Waals surface area contributed by atoms with E-state index in [0.717, 1.165) is 0 Å². The van der Waals surface area contributed by atoms with Gasteiger partial charge in [-0.15, -0.1) is 0 Å². The minimum Gasteiger partial charge on any atom is -0.412 e. The summed E-state index contributed by atoms with van der Waals surface area (Å²) in [6, 6.07) is 0. The minimum absolute atomic E-state index is 0. The van der Waals surface area contributed by atoms with Gasteiger partial charge in [0.05, 0.1) is 0 Å². The molecular weight excluding hydrogens is 245 g/mol. The fourth-order valence-corrected chi connectivity index (χ4v) is 0. The summed E-state index contributed by atoms with van der Waals surface area (Å²) in [7, 11) is 0. The molecule has 5 heteroatoms. The maximum atomic E-state index is 0. The van der Waals surface area contributed by atoms with Crippen LogP contribution in [-0.4, -0.2) is 16.4 Å². The third-order valence-electron chi connectivity index (χ3n) is 0. The van der Waals surface area contributed by atoms with Crippen LogP contribution in [0.5, 0.6) is 0 Å². The van der Waals surface area contributed by atoms with E-state index >= 15 is 0 Å². The SMILES string of the molecule is O.O.O.[Mo].[Ru]. The van der Waals surface area contributed by atoms with Crippen molar-refractivity contribution in [3.8, 4) is 0 Å². The quantitative estimate of drug-likeness (QED) is 0.426. The van der Waals surface area contributed by atoms with Gasteiger partial charge >= 0.3 is 0 Å². The largest absolute Gasteiger partial charge is 0.412 e. The Hall–Kier alpha value is 1.19. The maximum absolute atomic E-state index is 0. The van der Waals surface area contributed by atoms with Crippen molar-refractivity contribution in [2.24, 2.45) is 0 Å². The molecule has 0 aliphatic heterocycles. The van der Waals surface area contributed by atoms with Gasteiger partial charge in [-0.2, -0.15) is 0 Å². The standard InChI is InChI=1S/Mo.3H2O.Ru/h;3*1H2;. The molecular formula is H6MoO3Ru. The molecule has 0 bridgehead atoms. The Morgan fingerprint density at radius 1 is 0.600 bits per heavy atom. The van der Waals surface area contributed by atoms with E-state index in [9.17, 15) is 0 Å². The van der Waals surface area contributed by atoms with Crippen molar-refractivity contribution in [3.05, 3.63) is 0 Å². The Kier molecular flexibility index (Phi) is 1510. The zero-order valence-corrected chi connectivity index (χ0v) is 6.01. The van der Waals surface area contributed by atoms with Crippen molar-refractivity contribution in [2.75, 3.05) is 0 Å². The van der Waals surface area contributed by atoms with Crippen LogP contribution in [0.2, 0.25) is 0 Å². The van der Waals surface area contributed by atoms with Crippen LogP contribution in [0, 0.1) is 0 Å². The van der Waals surface area contributed by atoms with Gasteiger partial charge in [-0.05, 0) is 0 Å². The first-order valence-electron chi connectivity index (χ1n) is 0. The van der Waals surface area contributed by atoms with Crippen LogP contribution in [0.15, 0.2) is 0 Å². The van der Waals surface area contributed by atoms with E-state index in [1.807, 2.05) is 0 Å². The van der Waals surface area contributed by atoms with Gasteiger partial charge < -0.3 is 16.4 Å². The maximum Gasteiger partial charge on any atom is 0 e. The molecule has 0 radical (unpaired) electrons. The fraction of sp³-hybridized carbons (Fsp3) is 0. The van der Waals surface area contributed by atoms with Crippen LogP contribution in [0.25, 0.3) is 0 Å². The summed E-state index contributed by atoms with van der Waals surface area (Å²) in [5.41, 5.74) is 0. The Labute approximate surface area is 57.1 Å². The Morgan fingerprint density at radius 2 is 0.600 bits per heavy atom. The molecule has 0 spiro atoms. The molecule has 3 nitrogen and oxygen atoms in total. The average Bonchev–Trinajstić information content (AvgIpc) is 0. The molecule has 0 unspecified atom stereocenters. The van der Waals surface area contributed by atoms with E-state index in [0.29, 0.717) is 0 Å². The normalized spacial score (nSPS) is 0. The summed E-state index contributed by atoms with van der Waals surface area (Å²) in [4.78, 5) is 0. The third kappa shape index (κ3) is 37.2. The van der Waals surface area contributed by atoms with Crippen molar-refractivity contribution in [2.45, 2.75) is 0 Å². The van der Waals surface area contributed by atoms with Crippen molar-refractivity contribution < 1.29 is 57.0 Å². The van der Waals surface area contributed by atoms with Gasteiger partial charge in [0.1, 0.15) is 0 Å². The molecule has 0 aromatic heterocycles. The Balaban J connectivity index is 0. The summed E-state index contributed by atoms with van der Waals surface area (Å²) < 4.78 is 0.